The quantitative estimate of drug-likeness (QED) is 0.466. The molecule has 3 aromatic carbocycles. The SMILES string of the molecule is NC(=O)c1cc(CCCOc2ccccc2)ccc1NC(=O)c1ccc(O)c(Cl)c1. The molecule has 0 saturated heterocycles. The van der Waals surface area contributed by atoms with Crippen molar-refractivity contribution < 1.29 is 19.4 Å². The first-order chi connectivity index (χ1) is 14.4. The second-order valence-electron chi connectivity index (χ2n) is 6.63. The fourth-order valence-electron chi connectivity index (χ4n) is 2.89. The van der Waals surface area contributed by atoms with Crippen LogP contribution in [0.2, 0.25) is 5.02 Å². The molecule has 0 fully saturated rings. The van der Waals surface area contributed by atoms with E-state index >= 15 is 0 Å². The van der Waals surface area contributed by atoms with Crippen molar-refractivity contribution in [1.82, 2.24) is 0 Å². The number of aromatic hydroxyl groups is 1. The van der Waals surface area contributed by atoms with Crippen molar-refractivity contribution in [2.45, 2.75) is 12.8 Å². The first kappa shape index (κ1) is 21.2. The van der Waals surface area contributed by atoms with Gasteiger partial charge in [0.05, 0.1) is 22.9 Å². The summed E-state index contributed by atoms with van der Waals surface area (Å²) in [4.78, 5) is 24.4. The molecule has 0 radical (unpaired) electrons. The van der Waals surface area contributed by atoms with E-state index in [1.807, 2.05) is 36.4 Å². The van der Waals surface area contributed by atoms with Gasteiger partial charge in [0.15, 0.2) is 0 Å². The molecule has 3 rings (SSSR count). The number of carbonyl (C=O) groups is 2. The molecular weight excluding hydrogens is 404 g/mol. The van der Waals surface area contributed by atoms with E-state index in [4.69, 9.17) is 22.1 Å². The van der Waals surface area contributed by atoms with Crippen molar-refractivity contribution in [3.05, 3.63) is 88.4 Å². The second-order valence-corrected chi connectivity index (χ2v) is 7.04. The van der Waals surface area contributed by atoms with E-state index in [2.05, 4.69) is 5.32 Å². The molecule has 2 amide bonds. The van der Waals surface area contributed by atoms with Gasteiger partial charge >= 0.3 is 0 Å². The Hall–Kier alpha value is -3.51. The summed E-state index contributed by atoms with van der Waals surface area (Å²) in [5, 5.41) is 12.2. The molecule has 0 aromatic heterocycles. The third kappa shape index (κ3) is 5.52. The lowest BCUT2D eigenvalue weighted by Crippen LogP contribution is -2.18. The van der Waals surface area contributed by atoms with E-state index in [1.165, 1.54) is 18.2 Å². The molecule has 0 spiro atoms. The number of halogens is 1. The number of amides is 2. The van der Waals surface area contributed by atoms with E-state index in [9.17, 15) is 14.7 Å². The summed E-state index contributed by atoms with van der Waals surface area (Å²) in [6.45, 7) is 0.538. The van der Waals surface area contributed by atoms with Gasteiger partial charge < -0.3 is 20.9 Å². The number of carbonyl (C=O) groups excluding carboxylic acids is 2. The summed E-state index contributed by atoms with van der Waals surface area (Å²) in [6, 6.07) is 18.8. The normalized spacial score (nSPS) is 10.4. The van der Waals surface area contributed by atoms with Crippen molar-refractivity contribution in [2.24, 2.45) is 5.73 Å². The molecule has 3 aromatic rings. The zero-order valence-electron chi connectivity index (χ0n) is 16.1. The molecular formula is C23H21ClN2O4. The number of hydrogen-bond donors (Lipinski definition) is 3. The number of benzene rings is 3. The fraction of sp³-hybridized carbons (Fsp3) is 0.130. The van der Waals surface area contributed by atoms with Crippen molar-refractivity contribution in [3.63, 3.8) is 0 Å². The predicted octanol–water partition coefficient (Wildman–Crippen LogP) is 4.41. The Balaban J connectivity index is 1.65. The van der Waals surface area contributed by atoms with Crippen molar-refractivity contribution in [3.8, 4) is 11.5 Å². The highest BCUT2D eigenvalue weighted by molar-refractivity contribution is 6.32. The number of anilines is 1. The molecule has 30 heavy (non-hydrogen) atoms. The Morgan fingerprint density at radius 1 is 1.03 bits per heavy atom. The van der Waals surface area contributed by atoms with Crippen LogP contribution in [0.25, 0.3) is 0 Å². The maximum Gasteiger partial charge on any atom is 0.255 e. The minimum atomic E-state index is -0.642. The second kappa shape index (κ2) is 9.80. The van der Waals surface area contributed by atoms with Crippen LogP contribution in [0, 0.1) is 0 Å². The maximum atomic E-state index is 12.5. The number of ether oxygens (including phenoxy) is 1. The lowest BCUT2D eigenvalue weighted by Gasteiger charge is -2.12. The number of aryl methyl sites for hydroxylation is 1. The van der Waals surface area contributed by atoms with Crippen LogP contribution >= 0.6 is 11.6 Å². The molecule has 4 N–H and O–H groups in total. The van der Waals surface area contributed by atoms with Gasteiger partial charge in [-0.1, -0.05) is 35.9 Å². The first-order valence-electron chi connectivity index (χ1n) is 9.34. The Labute approximate surface area is 179 Å². The fourth-order valence-corrected chi connectivity index (χ4v) is 3.07. The van der Waals surface area contributed by atoms with E-state index in [-0.39, 0.29) is 21.9 Å². The van der Waals surface area contributed by atoms with E-state index in [0.29, 0.717) is 18.7 Å². The third-order valence-electron chi connectivity index (χ3n) is 4.43. The zero-order valence-corrected chi connectivity index (χ0v) is 16.9. The molecule has 0 aliphatic rings. The van der Waals surface area contributed by atoms with Gasteiger partial charge in [0.2, 0.25) is 0 Å². The average Bonchev–Trinajstić information content (AvgIpc) is 2.74. The van der Waals surface area contributed by atoms with Crippen LogP contribution in [0.1, 0.15) is 32.7 Å². The van der Waals surface area contributed by atoms with Crippen LogP contribution < -0.4 is 15.8 Å². The standard InChI is InChI=1S/C23H21ClN2O4/c24-19-14-16(9-11-21(19)27)23(29)26-20-10-8-15(13-18(20)22(25)28)5-4-12-30-17-6-2-1-3-7-17/h1-3,6-11,13-14,27H,4-5,12H2,(H2,25,28)(H,26,29). The number of para-hydroxylation sites is 1. The number of nitrogens with two attached hydrogens (primary N) is 1. The number of phenols is 1. The Morgan fingerprint density at radius 2 is 1.80 bits per heavy atom. The number of phenolic OH excluding ortho intramolecular Hbond substituents is 1. The van der Waals surface area contributed by atoms with Gasteiger partial charge in [0, 0.05) is 5.56 Å². The lowest BCUT2D eigenvalue weighted by molar-refractivity contribution is 0.100. The molecule has 0 atom stereocenters. The molecule has 0 saturated carbocycles. The van der Waals surface area contributed by atoms with Gasteiger partial charge in [-0.3, -0.25) is 9.59 Å². The third-order valence-corrected chi connectivity index (χ3v) is 4.73. The van der Waals surface area contributed by atoms with Gasteiger partial charge in [-0.25, -0.2) is 0 Å². The van der Waals surface area contributed by atoms with Crippen LogP contribution in [0.5, 0.6) is 11.5 Å². The monoisotopic (exact) mass is 424 g/mol. The van der Waals surface area contributed by atoms with Crippen LogP contribution in [-0.2, 0) is 6.42 Å². The Morgan fingerprint density at radius 3 is 2.50 bits per heavy atom. The van der Waals surface area contributed by atoms with E-state index in [0.717, 1.165) is 17.7 Å². The predicted molar refractivity (Wildman–Crippen MR) is 116 cm³/mol. The summed E-state index contributed by atoms with van der Waals surface area (Å²) in [6.07, 6.45) is 1.44. The van der Waals surface area contributed by atoms with Crippen molar-refractivity contribution in [1.29, 1.82) is 0 Å². The van der Waals surface area contributed by atoms with Crippen LogP contribution in [0.4, 0.5) is 5.69 Å². The maximum absolute atomic E-state index is 12.5. The Bertz CT molecular complexity index is 1050. The van der Waals surface area contributed by atoms with Gasteiger partial charge in [-0.2, -0.15) is 0 Å². The van der Waals surface area contributed by atoms with Crippen LogP contribution in [0.15, 0.2) is 66.7 Å². The summed E-state index contributed by atoms with van der Waals surface area (Å²) >= 11 is 5.85. The van der Waals surface area contributed by atoms with Crippen LogP contribution in [-0.4, -0.2) is 23.5 Å². The highest BCUT2D eigenvalue weighted by Gasteiger charge is 2.14. The molecule has 7 heteroatoms. The van der Waals surface area contributed by atoms with Crippen LogP contribution in [0.3, 0.4) is 0 Å². The first-order valence-corrected chi connectivity index (χ1v) is 9.72. The van der Waals surface area contributed by atoms with Gasteiger partial charge in [-0.05, 0) is 60.9 Å². The van der Waals surface area contributed by atoms with E-state index in [1.54, 1.807) is 12.1 Å². The molecule has 0 bridgehead atoms. The molecule has 0 unspecified atom stereocenters. The van der Waals surface area contributed by atoms with Gasteiger partial charge in [0.1, 0.15) is 11.5 Å². The summed E-state index contributed by atoms with van der Waals surface area (Å²) in [7, 11) is 0. The summed E-state index contributed by atoms with van der Waals surface area (Å²) in [5.74, 6) is -0.422. The lowest BCUT2D eigenvalue weighted by atomic mass is 10.0. The van der Waals surface area contributed by atoms with Gasteiger partial charge in [0.25, 0.3) is 11.8 Å². The highest BCUT2D eigenvalue weighted by Crippen LogP contribution is 2.25. The van der Waals surface area contributed by atoms with Gasteiger partial charge in [-0.15, -0.1) is 0 Å². The largest absolute Gasteiger partial charge is 0.506 e. The molecule has 0 aliphatic carbocycles. The number of nitrogens with one attached hydrogen (secondary N) is 1. The highest BCUT2D eigenvalue weighted by atomic mass is 35.5. The topological polar surface area (TPSA) is 102 Å². The average molecular weight is 425 g/mol. The summed E-state index contributed by atoms with van der Waals surface area (Å²) < 4.78 is 5.67. The number of rotatable bonds is 8. The molecule has 154 valence electrons. The molecule has 0 heterocycles. The molecule has 0 aliphatic heterocycles. The minimum absolute atomic E-state index is 0.0610. The van der Waals surface area contributed by atoms with Crippen molar-refractivity contribution in [2.75, 3.05) is 11.9 Å². The van der Waals surface area contributed by atoms with Crippen molar-refractivity contribution >= 4 is 29.1 Å². The molecule has 6 nitrogen and oxygen atoms in total. The minimum Gasteiger partial charge on any atom is -0.506 e. The Kier molecular flexibility index (Phi) is 6.93. The number of primary amides is 1. The van der Waals surface area contributed by atoms with E-state index < -0.39 is 11.8 Å². The number of hydrogen-bond acceptors (Lipinski definition) is 4. The smallest absolute Gasteiger partial charge is 0.255 e. The zero-order chi connectivity index (χ0) is 21.5. The summed E-state index contributed by atoms with van der Waals surface area (Å²) in [5.41, 5.74) is 7.18.